The lowest BCUT2D eigenvalue weighted by molar-refractivity contribution is -0.348. The molecule has 7 aliphatic rings. The SMILES string of the molecule is CC(C)=CCCC(C)(O[C@@H]1O[C@H](CO[C@@H]2O[C@H](C)[C@@H](O)[C@@H](O)[C@H]2O)[C@@H](O)[C@H](O)[C@H]1O)C1CCC2(C)C1CCC1C3(C)CC(O)C(O[C@@H]4O[C@H](CO)[C@@H](O)[C@H](O)[C@H]4O)C(C)(C)C3CCC12C. The van der Waals surface area contributed by atoms with Gasteiger partial charge >= 0.3 is 0 Å². The maximum absolute atomic E-state index is 12.1. The molecule has 0 amide bonds. The van der Waals surface area contributed by atoms with E-state index in [2.05, 4.69) is 47.6 Å². The van der Waals surface area contributed by atoms with Gasteiger partial charge in [-0.3, -0.25) is 0 Å². The van der Waals surface area contributed by atoms with Crippen LogP contribution in [0.15, 0.2) is 11.6 Å². The summed E-state index contributed by atoms with van der Waals surface area (Å²) in [6.07, 6.45) is -13.5. The van der Waals surface area contributed by atoms with Gasteiger partial charge in [0.05, 0.1) is 37.1 Å². The van der Waals surface area contributed by atoms with Crippen molar-refractivity contribution in [3.63, 3.8) is 0 Å². The largest absolute Gasteiger partial charge is 0.394 e. The van der Waals surface area contributed by atoms with Crippen LogP contribution in [-0.2, 0) is 28.4 Å². The Morgan fingerprint density at radius 1 is 0.662 bits per heavy atom. The summed E-state index contributed by atoms with van der Waals surface area (Å²) in [5.41, 5.74) is -0.843. The lowest BCUT2D eigenvalue weighted by Crippen LogP contribution is -2.68. The Labute approximate surface area is 384 Å². The Hall–Kier alpha value is -0.940. The molecule has 3 aliphatic heterocycles. The zero-order chi connectivity index (χ0) is 47.9. The molecular formula is C48H82O17. The van der Waals surface area contributed by atoms with E-state index < -0.39 is 122 Å². The Morgan fingerprint density at radius 3 is 1.89 bits per heavy atom. The van der Waals surface area contributed by atoms with Crippen LogP contribution in [0.3, 0.4) is 0 Å². The van der Waals surface area contributed by atoms with Crippen molar-refractivity contribution < 1.29 is 84.6 Å². The van der Waals surface area contributed by atoms with E-state index in [4.69, 9.17) is 28.4 Å². The second-order valence-corrected chi connectivity index (χ2v) is 22.9. The van der Waals surface area contributed by atoms with Gasteiger partial charge in [0, 0.05) is 0 Å². The van der Waals surface area contributed by atoms with Crippen LogP contribution in [-0.4, -0.2) is 179 Å². The first-order valence-corrected chi connectivity index (χ1v) is 24.2. The molecule has 376 valence electrons. The molecule has 17 heteroatoms. The molecule has 0 aromatic rings. The first-order valence-electron chi connectivity index (χ1n) is 24.2. The van der Waals surface area contributed by atoms with Gasteiger partial charge in [0.1, 0.15) is 67.1 Å². The van der Waals surface area contributed by atoms with Crippen molar-refractivity contribution in [1.29, 1.82) is 0 Å². The summed E-state index contributed by atoms with van der Waals surface area (Å²) < 4.78 is 36.7. The average molecular weight is 931 g/mol. The smallest absolute Gasteiger partial charge is 0.187 e. The topological polar surface area (TPSA) is 278 Å². The third kappa shape index (κ3) is 8.84. The van der Waals surface area contributed by atoms with E-state index in [1.807, 2.05) is 13.8 Å². The van der Waals surface area contributed by atoms with E-state index in [0.717, 1.165) is 44.1 Å². The molecule has 10 unspecified atom stereocenters. The summed E-state index contributed by atoms with van der Waals surface area (Å²) in [7, 11) is 0. The number of aliphatic hydroxyl groups is 11. The molecule has 0 aromatic carbocycles. The van der Waals surface area contributed by atoms with Crippen LogP contribution < -0.4 is 0 Å². The predicted molar refractivity (Wildman–Crippen MR) is 232 cm³/mol. The number of ether oxygens (including phenoxy) is 6. The highest BCUT2D eigenvalue weighted by Crippen LogP contribution is 2.76. The normalized spacial score (nSPS) is 53.0. The third-order valence-corrected chi connectivity index (χ3v) is 18.7. The zero-order valence-electron chi connectivity index (χ0n) is 39.8. The fourth-order valence-corrected chi connectivity index (χ4v) is 14.9. The molecular weight excluding hydrogens is 849 g/mol. The van der Waals surface area contributed by atoms with Crippen LogP contribution in [0.25, 0.3) is 0 Å². The Balaban J connectivity index is 1.10. The van der Waals surface area contributed by atoms with Crippen molar-refractivity contribution in [2.45, 2.75) is 230 Å². The number of rotatable bonds is 12. The van der Waals surface area contributed by atoms with Crippen LogP contribution in [0.5, 0.6) is 0 Å². The summed E-state index contributed by atoms with van der Waals surface area (Å²) in [5, 5.41) is 118. The fraction of sp³-hybridized carbons (Fsp3) is 0.958. The van der Waals surface area contributed by atoms with E-state index in [1.165, 1.54) is 6.92 Å². The number of hydrogen-bond acceptors (Lipinski definition) is 17. The first kappa shape index (κ1) is 51.9. The fourth-order valence-electron chi connectivity index (χ4n) is 14.9. The summed E-state index contributed by atoms with van der Waals surface area (Å²) in [4.78, 5) is 0. The lowest BCUT2D eigenvalue weighted by Gasteiger charge is -2.70. The van der Waals surface area contributed by atoms with E-state index in [9.17, 15) is 56.2 Å². The van der Waals surface area contributed by atoms with Crippen molar-refractivity contribution in [1.82, 2.24) is 0 Å². The highest BCUT2D eigenvalue weighted by atomic mass is 16.7. The monoisotopic (exact) mass is 931 g/mol. The number of aliphatic hydroxyl groups excluding tert-OH is 11. The van der Waals surface area contributed by atoms with E-state index >= 15 is 0 Å². The van der Waals surface area contributed by atoms with Crippen molar-refractivity contribution in [3.8, 4) is 0 Å². The van der Waals surface area contributed by atoms with Crippen molar-refractivity contribution in [2.24, 2.45) is 45.3 Å². The molecule has 0 radical (unpaired) electrons. The number of hydrogen-bond donors (Lipinski definition) is 11. The molecule has 4 saturated carbocycles. The van der Waals surface area contributed by atoms with Crippen LogP contribution in [0, 0.1) is 45.3 Å². The average Bonchev–Trinajstić information content (AvgIpc) is 3.61. The van der Waals surface area contributed by atoms with Gasteiger partial charge in [0.2, 0.25) is 0 Å². The minimum Gasteiger partial charge on any atom is -0.394 e. The number of allylic oxidation sites excluding steroid dienone is 2. The molecule has 0 aromatic heterocycles. The summed E-state index contributed by atoms with van der Waals surface area (Å²) in [6.45, 7) is 18.1. The van der Waals surface area contributed by atoms with Crippen molar-refractivity contribution >= 4 is 0 Å². The lowest BCUT2D eigenvalue weighted by atomic mass is 9.35. The molecule has 7 fully saturated rings. The van der Waals surface area contributed by atoms with Gasteiger partial charge in [0.15, 0.2) is 18.9 Å². The summed E-state index contributed by atoms with van der Waals surface area (Å²) in [5.74, 6) is 0.612. The van der Waals surface area contributed by atoms with E-state index in [-0.39, 0.29) is 46.5 Å². The van der Waals surface area contributed by atoms with E-state index in [1.54, 1.807) is 0 Å². The molecule has 3 saturated heterocycles. The minimum atomic E-state index is -1.65. The quantitative estimate of drug-likeness (QED) is 0.0962. The Morgan fingerprint density at radius 2 is 1.25 bits per heavy atom. The predicted octanol–water partition coefficient (Wildman–Crippen LogP) is 1.00. The van der Waals surface area contributed by atoms with Crippen LogP contribution in [0.4, 0.5) is 0 Å². The highest BCUT2D eigenvalue weighted by molar-refractivity contribution is 5.20. The van der Waals surface area contributed by atoms with Gasteiger partial charge in [-0.05, 0) is 131 Å². The van der Waals surface area contributed by atoms with Gasteiger partial charge in [-0.15, -0.1) is 0 Å². The number of fused-ring (bicyclic) bond motifs is 5. The molecule has 11 N–H and O–H groups in total. The van der Waals surface area contributed by atoms with E-state index in [0.29, 0.717) is 19.3 Å². The van der Waals surface area contributed by atoms with Gasteiger partial charge in [-0.1, -0.05) is 46.3 Å². The van der Waals surface area contributed by atoms with Gasteiger partial charge in [0.25, 0.3) is 0 Å². The third-order valence-electron chi connectivity index (χ3n) is 18.7. The standard InChI is InChI=1S/C48H82O17/c1-22(2)11-10-16-48(9,65-43-39(59)36(56)33(53)28(63-43)21-60-41-37(57)34(54)31(51)23(3)61-41)25-14-17-46(7)24(25)12-13-30-45(6)19-26(50)40(44(4,5)29(45)15-18-47(30,46)8)64-42-38(58)35(55)32(52)27(20-49)62-42/h11,23-43,49-59H,10,12-21H2,1-9H3/t23-,24?,25?,26?,27-,28-,29?,30?,31-,32-,33-,34-,35+,36+,37-,38-,39-,40?,41-,42+,43+,45?,46?,47?,48?/m1/s1. The Kier molecular flexibility index (Phi) is 15.2. The Bertz CT molecular complexity index is 1660. The molecule has 7 rings (SSSR count). The van der Waals surface area contributed by atoms with Gasteiger partial charge < -0.3 is 84.6 Å². The minimum absolute atomic E-state index is 0.0285. The van der Waals surface area contributed by atoms with Crippen LogP contribution in [0.1, 0.15) is 120 Å². The zero-order valence-corrected chi connectivity index (χ0v) is 39.8. The maximum atomic E-state index is 12.1. The van der Waals surface area contributed by atoms with Crippen molar-refractivity contribution in [3.05, 3.63) is 11.6 Å². The molecule has 0 spiro atoms. The molecule has 4 aliphatic carbocycles. The van der Waals surface area contributed by atoms with Crippen LogP contribution in [0.2, 0.25) is 0 Å². The maximum Gasteiger partial charge on any atom is 0.187 e. The molecule has 65 heavy (non-hydrogen) atoms. The second-order valence-electron chi connectivity index (χ2n) is 22.9. The first-order chi connectivity index (χ1) is 30.3. The van der Waals surface area contributed by atoms with Crippen LogP contribution >= 0.6 is 0 Å². The summed E-state index contributed by atoms with van der Waals surface area (Å²) >= 11 is 0. The second kappa shape index (κ2) is 19.0. The summed E-state index contributed by atoms with van der Waals surface area (Å²) in [6, 6.07) is 0. The highest BCUT2D eigenvalue weighted by Gasteiger charge is 2.71. The van der Waals surface area contributed by atoms with Crippen molar-refractivity contribution in [2.75, 3.05) is 13.2 Å². The van der Waals surface area contributed by atoms with Gasteiger partial charge in [-0.25, -0.2) is 0 Å². The molecule has 25 atom stereocenters. The van der Waals surface area contributed by atoms with Gasteiger partial charge in [-0.2, -0.15) is 0 Å². The molecule has 0 bridgehead atoms. The molecule has 3 heterocycles. The molecule has 17 nitrogen and oxygen atoms in total.